The van der Waals surface area contributed by atoms with Crippen LogP contribution in [0.1, 0.15) is 18.1 Å². The predicted molar refractivity (Wildman–Crippen MR) is 75.3 cm³/mol. The Hall–Kier alpha value is -1.87. The summed E-state index contributed by atoms with van der Waals surface area (Å²) < 4.78 is 1.42. The summed E-state index contributed by atoms with van der Waals surface area (Å²) >= 11 is 6.14. The van der Waals surface area contributed by atoms with Crippen molar-refractivity contribution in [2.24, 2.45) is 0 Å². The number of hydrogen-bond acceptors (Lipinski definition) is 2. The molecule has 1 aliphatic rings. The fourth-order valence-corrected chi connectivity index (χ4v) is 2.75. The van der Waals surface area contributed by atoms with Gasteiger partial charge < -0.3 is 10.2 Å². The standard InChI is InChI=1S/C15H14ClNO2/c1-9-6-7-10-11(8-9)15(19)17(14(10)18)13-5-3-2-4-12(13)16/h2-6,18-19H,7-8H2,1H3. The number of rotatable bonds is 1. The third-order valence-electron chi connectivity index (χ3n) is 3.53. The molecule has 0 spiro atoms. The predicted octanol–water partition coefficient (Wildman–Crippen LogP) is 3.59. The van der Waals surface area contributed by atoms with E-state index in [1.807, 2.05) is 19.1 Å². The average molecular weight is 276 g/mol. The molecule has 0 atom stereocenters. The third kappa shape index (κ3) is 1.81. The van der Waals surface area contributed by atoms with Gasteiger partial charge in [0.2, 0.25) is 11.8 Å². The first kappa shape index (κ1) is 12.2. The highest BCUT2D eigenvalue weighted by Gasteiger charge is 2.25. The number of aromatic nitrogens is 1. The average Bonchev–Trinajstić information content (AvgIpc) is 2.63. The molecule has 1 heterocycles. The van der Waals surface area contributed by atoms with Crippen molar-refractivity contribution >= 4 is 11.6 Å². The van der Waals surface area contributed by atoms with Gasteiger partial charge in [-0.3, -0.25) is 0 Å². The maximum absolute atomic E-state index is 10.4. The van der Waals surface area contributed by atoms with Crippen LogP contribution in [0.15, 0.2) is 35.9 Å². The first-order chi connectivity index (χ1) is 9.09. The minimum Gasteiger partial charge on any atom is -0.494 e. The van der Waals surface area contributed by atoms with Crippen LogP contribution in [0.4, 0.5) is 0 Å². The molecule has 0 fully saturated rings. The Morgan fingerprint density at radius 1 is 1.11 bits per heavy atom. The van der Waals surface area contributed by atoms with E-state index in [1.165, 1.54) is 10.1 Å². The molecule has 0 amide bonds. The summed E-state index contributed by atoms with van der Waals surface area (Å²) in [5.74, 6) is 0.150. The van der Waals surface area contributed by atoms with Gasteiger partial charge in [-0.25, -0.2) is 4.57 Å². The van der Waals surface area contributed by atoms with Gasteiger partial charge in [-0.2, -0.15) is 0 Å². The van der Waals surface area contributed by atoms with Crippen molar-refractivity contribution in [1.29, 1.82) is 0 Å². The second-order valence-corrected chi connectivity index (χ2v) is 5.23. The van der Waals surface area contributed by atoms with Gasteiger partial charge in [0.15, 0.2) is 0 Å². The van der Waals surface area contributed by atoms with Gasteiger partial charge in [-0.15, -0.1) is 0 Å². The lowest BCUT2D eigenvalue weighted by molar-refractivity contribution is 0.400. The van der Waals surface area contributed by atoms with Crippen molar-refractivity contribution < 1.29 is 10.2 Å². The smallest absolute Gasteiger partial charge is 0.202 e. The summed E-state index contributed by atoms with van der Waals surface area (Å²) in [6.45, 7) is 2.02. The molecule has 98 valence electrons. The molecule has 0 aliphatic heterocycles. The molecule has 2 aromatic rings. The van der Waals surface area contributed by atoms with E-state index in [-0.39, 0.29) is 11.8 Å². The SMILES string of the molecule is CC1=CCc2c(c(O)n(-c3ccccc3Cl)c2O)C1. The maximum atomic E-state index is 10.4. The number of fused-ring (bicyclic) bond motifs is 1. The number of para-hydroxylation sites is 1. The van der Waals surface area contributed by atoms with Crippen LogP contribution >= 0.6 is 11.6 Å². The summed E-state index contributed by atoms with van der Waals surface area (Å²) in [6, 6.07) is 7.14. The largest absolute Gasteiger partial charge is 0.494 e. The first-order valence-electron chi connectivity index (χ1n) is 6.14. The fourth-order valence-electron chi connectivity index (χ4n) is 2.53. The normalized spacial score (nSPS) is 14.1. The van der Waals surface area contributed by atoms with Crippen LogP contribution in [-0.4, -0.2) is 14.8 Å². The van der Waals surface area contributed by atoms with Crippen LogP contribution in [0, 0.1) is 0 Å². The second kappa shape index (κ2) is 4.35. The Kier molecular flexibility index (Phi) is 2.79. The Balaban J connectivity index is 2.23. The molecule has 4 heteroatoms. The van der Waals surface area contributed by atoms with Crippen molar-refractivity contribution in [3.8, 4) is 17.4 Å². The Labute approximate surface area is 116 Å². The number of hydrogen-bond donors (Lipinski definition) is 2. The molecule has 1 aliphatic carbocycles. The number of allylic oxidation sites excluding steroid dienone is 2. The zero-order valence-electron chi connectivity index (χ0n) is 10.5. The summed E-state index contributed by atoms with van der Waals surface area (Å²) in [7, 11) is 0. The lowest BCUT2D eigenvalue weighted by Crippen LogP contribution is -1.97. The highest BCUT2D eigenvalue weighted by Crippen LogP contribution is 2.41. The maximum Gasteiger partial charge on any atom is 0.202 e. The first-order valence-corrected chi connectivity index (χ1v) is 6.52. The Bertz CT molecular complexity index is 686. The van der Waals surface area contributed by atoms with Crippen LogP contribution in [0.2, 0.25) is 5.02 Å². The number of benzene rings is 1. The number of aromatic hydroxyl groups is 2. The molecule has 3 rings (SSSR count). The molecule has 2 N–H and O–H groups in total. The molecule has 1 aromatic carbocycles. The quantitative estimate of drug-likeness (QED) is 0.781. The van der Waals surface area contributed by atoms with Gasteiger partial charge in [-0.1, -0.05) is 35.4 Å². The van der Waals surface area contributed by atoms with E-state index in [0.29, 0.717) is 23.6 Å². The van der Waals surface area contributed by atoms with Gasteiger partial charge >= 0.3 is 0 Å². The molecule has 0 unspecified atom stereocenters. The Morgan fingerprint density at radius 3 is 2.53 bits per heavy atom. The van der Waals surface area contributed by atoms with E-state index in [1.54, 1.807) is 12.1 Å². The highest BCUT2D eigenvalue weighted by molar-refractivity contribution is 6.32. The molecular weight excluding hydrogens is 262 g/mol. The van der Waals surface area contributed by atoms with Crippen molar-refractivity contribution in [3.63, 3.8) is 0 Å². The Morgan fingerprint density at radius 2 is 1.79 bits per heavy atom. The van der Waals surface area contributed by atoms with Crippen LogP contribution in [0.25, 0.3) is 5.69 Å². The van der Waals surface area contributed by atoms with Gasteiger partial charge in [0.1, 0.15) is 0 Å². The molecule has 0 bridgehead atoms. The zero-order chi connectivity index (χ0) is 13.6. The molecule has 1 aromatic heterocycles. The van der Waals surface area contributed by atoms with E-state index < -0.39 is 0 Å². The molecule has 0 saturated heterocycles. The third-order valence-corrected chi connectivity index (χ3v) is 3.85. The van der Waals surface area contributed by atoms with Crippen molar-refractivity contribution in [2.75, 3.05) is 0 Å². The fraction of sp³-hybridized carbons (Fsp3) is 0.200. The van der Waals surface area contributed by atoms with Gasteiger partial charge in [0.05, 0.1) is 10.7 Å². The van der Waals surface area contributed by atoms with E-state index in [9.17, 15) is 10.2 Å². The molecular formula is C15H14ClNO2. The number of nitrogens with zero attached hydrogens (tertiary/aromatic N) is 1. The zero-order valence-corrected chi connectivity index (χ0v) is 11.3. The van der Waals surface area contributed by atoms with E-state index in [4.69, 9.17) is 11.6 Å². The summed E-state index contributed by atoms with van der Waals surface area (Å²) in [5, 5.41) is 21.2. The highest BCUT2D eigenvalue weighted by atomic mass is 35.5. The van der Waals surface area contributed by atoms with Crippen LogP contribution in [0.5, 0.6) is 11.8 Å². The summed E-state index contributed by atoms with van der Waals surface area (Å²) in [6.07, 6.45) is 3.36. The van der Waals surface area contributed by atoms with Gasteiger partial charge in [-0.05, 0) is 31.9 Å². The monoisotopic (exact) mass is 275 g/mol. The summed E-state index contributed by atoms with van der Waals surface area (Å²) in [5.41, 5.74) is 3.35. The second-order valence-electron chi connectivity index (χ2n) is 4.82. The number of halogens is 1. The molecule has 19 heavy (non-hydrogen) atoms. The molecule has 3 nitrogen and oxygen atoms in total. The topological polar surface area (TPSA) is 45.4 Å². The minimum absolute atomic E-state index is 0.0735. The van der Waals surface area contributed by atoms with E-state index in [2.05, 4.69) is 6.08 Å². The van der Waals surface area contributed by atoms with Crippen LogP contribution in [-0.2, 0) is 12.8 Å². The minimum atomic E-state index is 0.0735. The van der Waals surface area contributed by atoms with Gasteiger partial charge in [0.25, 0.3) is 0 Å². The lowest BCUT2D eigenvalue weighted by atomic mass is 9.96. The summed E-state index contributed by atoms with van der Waals surface area (Å²) in [4.78, 5) is 0. The van der Waals surface area contributed by atoms with Crippen LogP contribution < -0.4 is 0 Å². The van der Waals surface area contributed by atoms with Crippen molar-refractivity contribution in [2.45, 2.75) is 19.8 Å². The van der Waals surface area contributed by atoms with Crippen LogP contribution in [0.3, 0.4) is 0 Å². The lowest BCUT2D eigenvalue weighted by Gasteiger charge is -2.09. The van der Waals surface area contributed by atoms with E-state index in [0.717, 1.165) is 11.1 Å². The van der Waals surface area contributed by atoms with Gasteiger partial charge in [0, 0.05) is 11.1 Å². The molecule has 0 radical (unpaired) electrons. The van der Waals surface area contributed by atoms with Crippen molar-refractivity contribution in [3.05, 3.63) is 52.1 Å². The van der Waals surface area contributed by atoms with E-state index >= 15 is 0 Å². The molecule has 0 saturated carbocycles. The van der Waals surface area contributed by atoms with Crippen molar-refractivity contribution in [1.82, 2.24) is 4.57 Å².